The summed E-state index contributed by atoms with van der Waals surface area (Å²) in [6.07, 6.45) is 11.1. The van der Waals surface area contributed by atoms with Crippen LogP contribution in [0.15, 0.2) is 24.4 Å². The van der Waals surface area contributed by atoms with E-state index in [9.17, 15) is 4.79 Å². The number of unbranched alkanes of at least 4 members (excludes halogenated alkanes) is 5. The highest BCUT2D eigenvalue weighted by molar-refractivity contribution is 5.87. The van der Waals surface area contributed by atoms with Crippen molar-refractivity contribution >= 4 is 6.29 Å². The number of aromatic amines is 1. The molecule has 0 saturated heterocycles. The Balaban J connectivity index is 2.05. The van der Waals surface area contributed by atoms with E-state index in [2.05, 4.69) is 29.3 Å². The zero-order chi connectivity index (χ0) is 16.5. The molecule has 4 heteroatoms. The maximum absolute atomic E-state index is 11.1. The van der Waals surface area contributed by atoms with Crippen molar-refractivity contribution in [2.24, 2.45) is 0 Å². The molecule has 0 radical (unpaired) electrons. The van der Waals surface area contributed by atoms with Crippen molar-refractivity contribution < 1.29 is 9.53 Å². The molecule has 2 rings (SSSR count). The van der Waals surface area contributed by atoms with Gasteiger partial charge in [-0.05, 0) is 30.5 Å². The maximum atomic E-state index is 11.1. The summed E-state index contributed by atoms with van der Waals surface area (Å²) in [5, 5.41) is 6.87. The lowest BCUT2D eigenvalue weighted by atomic mass is 10.00. The number of ether oxygens (including phenoxy) is 1. The second-order valence-corrected chi connectivity index (χ2v) is 5.87. The molecule has 0 amide bonds. The lowest BCUT2D eigenvalue weighted by Gasteiger charge is -2.10. The fourth-order valence-electron chi connectivity index (χ4n) is 2.82. The number of aldehydes is 1. The van der Waals surface area contributed by atoms with Gasteiger partial charge < -0.3 is 4.74 Å². The Labute approximate surface area is 138 Å². The summed E-state index contributed by atoms with van der Waals surface area (Å²) >= 11 is 0. The van der Waals surface area contributed by atoms with Crippen LogP contribution in [0.1, 0.15) is 61.4 Å². The molecule has 124 valence electrons. The van der Waals surface area contributed by atoms with Gasteiger partial charge in [0.05, 0.1) is 24.6 Å². The first-order valence-corrected chi connectivity index (χ1v) is 8.46. The molecular weight excluding hydrogens is 288 g/mol. The fraction of sp³-hybridized carbons (Fsp3) is 0.474. The predicted molar refractivity (Wildman–Crippen MR) is 93.0 cm³/mol. The number of aryl methyl sites for hydroxylation is 1. The van der Waals surface area contributed by atoms with Gasteiger partial charge in [-0.3, -0.25) is 9.89 Å². The third-order valence-corrected chi connectivity index (χ3v) is 4.15. The average Bonchev–Trinajstić information content (AvgIpc) is 3.06. The van der Waals surface area contributed by atoms with Crippen molar-refractivity contribution in [2.45, 2.75) is 51.9 Å². The van der Waals surface area contributed by atoms with Crippen molar-refractivity contribution in [3.8, 4) is 17.0 Å². The Morgan fingerprint density at radius 2 is 1.96 bits per heavy atom. The van der Waals surface area contributed by atoms with Gasteiger partial charge in [-0.15, -0.1) is 0 Å². The largest absolute Gasteiger partial charge is 0.496 e. The summed E-state index contributed by atoms with van der Waals surface area (Å²) in [5.41, 5.74) is 3.44. The van der Waals surface area contributed by atoms with Gasteiger partial charge >= 0.3 is 0 Å². The molecule has 0 aliphatic heterocycles. The Hall–Kier alpha value is -2.10. The van der Waals surface area contributed by atoms with E-state index in [1.165, 1.54) is 44.1 Å². The molecular formula is C19H26N2O2. The minimum Gasteiger partial charge on any atom is -0.496 e. The van der Waals surface area contributed by atoms with Gasteiger partial charge in [0, 0.05) is 5.56 Å². The van der Waals surface area contributed by atoms with Gasteiger partial charge in [0.25, 0.3) is 0 Å². The van der Waals surface area contributed by atoms with Crippen LogP contribution in [0, 0.1) is 0 Å². The smallest absolute Gasteiger partial charge is 0.153 e. The third-order valence-electron chi connectivity index (χ3n) is 4.15. The van der Waals surface area contributed by atoms with Gasteiger partial charge in [-0.2, -0.15) is 5.10 Å². The molecule has 4 nitrogen and oxygen atoms in total. The van der Waals surface area contributed by atoms with E-state index in [1.54, 1.807) is 13.3 Å². The molecule has 0 aliphatic rings. The van der Waals surface area contributed by atoms with Crippen LogP contribution in [0.3, 0.4) is 0 Å². The highest BCUT2D eigenvalue weighted by Gasteiger charge is 2.13. The van der Waals surface area contributed by atoms with Crippen LogP contribution in [0.4, 0.5) is 0 Å². The average molecular weight is 314 g/mol. The monoisotopic (exact) mass is 314 g/mol. The number of nitrogens with zero attached hydrogens (tertiary/aromatic N) is 1. The topological polar surface area (TPSA) is 55.0 Å². The molecule has 0 atom stereocenters. The van der Waals surface area contributed by atoms with E-state index in [1.807, 2.05) is 6.07 Å². The van der Waals surface area contributed by atoms with E-state index in [-0.39, 0.29) is 0 Å². The number of benzene rings is 1. The van der Waals surface area contributed by atoms with Crippen LogP contribution in [0.25, 0.3) is 11.3 Å². The number of methoxy groups -OCH3 is 1. The zero-order valence-electron chi connectivity index (χ0n) is 14.1. The summed E-state index contributed by atoms with van der Waals surface area (Å²) in [7, 11) is 1.64. The standard InChI is InChI=1S/C19H26N2O2/c1-3-4-5-6-7-8-9-15-10-11-18(23-2)17(12-15)19-16(14-22)13-20-21-19/h10-14H,3-9H2,1-2H3,(H,20,21). The molecule has 0 spiro atoms. The Morgan fingerprint density at radius 1 is 1.17 bits per heavy atom. The summed E-state index contributed by atoms with van der Waals surface area (Å²) < 4.78 is 5.43. The van der Waals surface area contributed by atoms with E-state index >= 15 is 0 Å². The summed E-state index contributed by atoms with van der Waals surface area (Å²) in [6, 6.07) is 6.17. The fourth-order valence-corrected chi connectivity index (χ4v) is 2.82. The second kappa shape index (κ2) is 9.13. The second-order valence-electron chi connectivity index (χ2n) is 5.87. The van der Waals surface area contributed by atoms with E-state index < -0.39 is 0 Å². The molecule has 2 aromatic rings. The third kappa shape index (κ3) is 4.68. The maximum Gasteiger partial charge on any atom is 0.153 e. The number of carbonyl (C=O) groups excluding carboxylic acids is 1. The molecule has 0 fully saturated rings. The van der Waals surface area contributed by atoms with Crippen molar-refractivity contribution in [3.05, 3.63) is 35.5 Å². The molecule has 1 aromatic carbocycles. The van der Waals surface area contributed by atoms with Crippen LogP contribution in [0.2, 0.25) is 0 Å². The summed E-state index contributed by atoms with van der Waals surface area (Å²) in [5.74, 6) is 0.754. The molecule has 0 aliphatic carbocycles. The number of H-pyrrole nitrogens is 1. The van der Waals surface area contributed by atoms with Gasteiger partial charge in [0.15, 0.2) is 6.29 Å². The minimum absolute atomic E-state index is 0.556. The molecule has 0 saturated carbocycles. The molecule has 0 bridgehead atoms. The number of hydrogen-bond donors (Lipinski definition) is 1. The summed E-state index contributed by atoms with van der Waals surface area (Å²) in [6.45, 7) is 2.24. The zero-order valence-corrected chi connectivity index (χ0v) is 14.1. The first-order valence-electron chi connectivity index (χ1n) is 8.46. The highest BCUT2D eigenvalue weighted by atomic mass is 16.5. The van der Waals surface area contributed by atoms with Crippen LogP contribution in [-0.4, -0.2) is 23.6 Å². The van der Waals surface area contributed by atoms with Crippen molar-refractivity contribution in [1.29, 1.82) is 0 Å². The number of nitrogens with one attached hydrogen (secondary N) is 1. The van der Waals surface area contributed by atoms with Gasteiger partial charge in [0.1, 0.15) is 5.75 Å². The number of rotatable bonds is 10. The highest BCUT2D eigenvalue weighted by Crippen LogP contribution is 2.31. The van der Waals surface area contributed by atoms with Gasteiger partial charge in [-0.1, -0.05) is 45.1 Å². The lowest BCUT2D eigenvalue weighted by molar-refractivity contribution is 0.112. The Morgan fingerprint density at radius 3 is 2.70 bits per heavy atom. The van der Waals surface area contributed by atoms with Gasteiger partial charge in [0.2, 0.25) is 0 Å². The number of aromatic nitrogens is 2. The van der Waals surface area contributed by atoms with Crippen LogP contribution in [0.5, 0.6) is 5.75 Å². The first-order chi connectivity index (χ1) is 11.3. The lowest BCUT2D eigenvalue weighted by Crippen LogP contribution is -1.94. The Kier molecular flexibility index (Phi) is 6.85. The minimum atomic E-state index is 0.556. The van der Waals surface area contributed by atoms with E-state index in [0.29, 0.717) is 5.56 Å². The predicted octanol–water partition coefficient (Wildman–Crippen LogP) is 4.80. The molecule has 1 aromatic heterocycles. The Bertz CT molecular complexity index is 620. The van der Waals surface area contributed by atoms with Gasteiger partial charge in [-0.25, -0.2) is 0 Å². The van der Waals surface area contributed by atoms with Crippen molar-refractivity contribution in [3.63, 3.8) is 0 Å². The SMILES string of the molecule is CCCCCCCCc1ccc(OC)c(-c2[nH]ncc2C=O)c1. The quantitative estimate of drug-likeness (QED) is 0.506. The van der Waals surface area contributed by atoms with Crippen LogP contribution >= 0.6 is 0 Å². The number of carbonyl (C=O) groups is 1. The van der Waals surface area contributed by atoms with Crippen molar-refractivity contribution in [2.75, 3.05) is 7.11 Å². The molecule has 1 N–H and O–H groups in total. The van der Waals surface area contributed by atoms with Crippen LogP contribution < -0.4 is 4.74 Å². The molecule has 0 unspecified atom stereocenters. The van der Waals surface area contributed by atoms with Crippen LogP contribution in [-0.2, 0) is 6.42 Å². The first kappa shape index (κ1) is 17.3. The summed E-state index contributed by atoms with van der Waals surface area (Å²) in [4.78, 5) is 11.1. The van der Waals surface area contributed by atoms with Crippen molar-refractivity contribution in [1.82, 2.24) is 10.2 Å². The normalized spacial score (nSPS) is 10.7. The van der Waals surface area contributed by atoms with E-state index in [4.69, 9.17) is 4.74 Å². The molecule has 23 heavy (non-hydrogen) atoms. The number of hydrogen-bond acceptors (Lipinski definition) is 3. The molecule has 1 heterocycles. The van der Waals surface area contributed by atoms with E-state index in [0.717, 1.165) is 29.7 Å².